The molecule has 6 rings (SSSR count). The number of fused-ring (bicyclic) bond motifs is 1. The van der Waals surface area contributed by atoms with Crippen LogP contribution in [-0.2, 0) is 16.0 Å². The van der Waals surface area contributed by atoms with Crippen molar-refractivity contribution in [3.8, 4) is 16.3 Å². The Morgan fingerprint density at radius 3 is 2.43 bits per heavy atom. The molecule has 1 aliphatic heterocycles. The van der Waals surface area contributed by atoms with E-state index < -0.39 is 11.9 Å². The molecule has 210 valence electrons. The van der Waals surface area contributed by atoms with E-state index >= 15 is 0 Å². The SMILES string of the molecule is COc1ccc(C(=O)N(CCc2ccccc2)C2CC(=O)N(c3ccc(-c4nc5ccc(C)cc5s4)cc3)C2=O)cc1. The zero-order valence-corrected chi connectivity index (χ0v) is 24.1. The van der Waals surface area contributed by atoms with Crippen LogP contribution in [0.2, 0.25) is 0 Å². The lowest BCUT2D eigenvalue weighted by molar-refractivity contribution is -0.122. The third-order valence-corrected chi connectivity index (χ3v) is 8.56. The van der Waals surface area contributed by atoms with Gasteiger partial charge in [-0.2, -0.15) is 0 Å². The predicted molar refractivity (Wildman–Crippen MR) is 165 cm³/mol. The molecule has 1 saturated heterocycles. The number of hydrogen-bond acceptors (Lipinski definition) is 6. The van der Waals surface area contributed by atoms with E-state index in [1.807, 2.05) is 54.6 Å². The first-order chi connectivity index (χ1) is 20.4. The van der Waals surface area contributed by atoms with E-state index in [2.05, 4.69) is 13.0 Å². The number of carbonyl (C=O) groups is 3. The Hall–Kier alpha value is -4.82. The number of thiazole rings is 1. The van der Waals surface area contributed by atoms with E-state index in [0.717, 1.165) is 26.4 Å². The third-order valence-electron chi connectivity index (χ3n) is 7.50. The van der Waals surface area contributed by atoms with Gasteiger partial charge in [0, 0.05) is 17.7 Å². The Kier molecular flexibility index (Phi) is 7.54. The summed E-state index contributed by atoms with van der Waals surface area (Å²) in [6.07, 6.45) is 0.478. The maximum absolute atomic E-state index is 13.8. The minimum Gasteiger partial charge on any atom is -0.497 e. The normalized spacial score (nSPS) is 14.9. The lowest BCUT2D eigenvalue weighted by Gasteiger charge is -2.28. The molecule has 0 spiro atoms. The summed E-state index contributed by atoms with van der Waals surface area (Å²) in [5.41, 5.74) is 4.98. The highest BCUT2D eigenvalue weighted by Gasteiger charge is 2.44. The molecule has 1 fully saturated rings. The quantitative estimate of drug-likeness (QED) is 0.203. The van der Waals surface area contributed by atoms with Crippen molar-refractivity contribution in [1.82, 2.24) is 9.88 Å². The molecule has 8 heteroatoms. The molecule has 42 heavy (non-hydrogen) atoms. The number of nitrogens with zero attached hydrogens (tertiary/aromatic N) is 3. The number of aryl methyl sites for hydroxylation is 1. The van der Waals surface area contributed by atoms with Gasteiger partial charge >= 0.3 is 0 Å². The van der Waals surface area contributed by atoms with E-state index in [1.165, 1.54) is 15.4 Å². The van der Waals surface area contributed by atoms with Gasteiger partial charge in [-0.25, -0.2) is 9.88 Å². The fourth-order valence-electron chi connectivity index (χ4n) is 5.23. The summed E-state index contributed by atoms with van der Waals surface area (Å²) in [4.78, 5) is 48.3. The molecule has 5 aromatic rings. The lowest BCUT2D eigenvalue weighted by Crippen LogP contribution is -2.46. The summed E-state index contributed by atoms with van der Waals surface area (Å²) in [7, 11) is 1.56. The summed E-state index contributed by atoms with van der Waals surface area (Å²) in [5, 5.41) is 0.872. The summed E-state index contributed by atoms with van der Waals surface area (Å²) in [5.74, 6) is -0.410. The molecule has 1 atom stereocenters. The van der Waals surface area contributed by atoms with Gasteiger partial charge < -0.3 is 9.64 Å². The van der Waals surface area contributed by atoms with Crippen LogP contribution in [0.15, 0.2) is 97.1 Å². The van der Waals surface area contributed by atoms with Crippen molar-refractivity contribution in [1.29, 1.82) is 0 Å². The number of anilines is 1. The molecule has 1 aliphatic rings. The second kappa shape index (κ2) is 11.6. The Bertz CT molecular complexity index is 1760. The van der Waals surface area contributed by atoms with Crippen LogP contribution in [0.1, 0.15) is 27.9 Å². The Balaban J connectivity index is 1.25. The van der Waals surface area contributed by atoms with Crippen LogP contribution in [0.5, 0.6) is 5.75 Å². The number of aromatic nitrogens is 1. The Morgan fingerprint density at radius 2 is 1.71 bits per heavy atom. The topological polar surface area (TPSA) is 79.8 Å². The second-order valence-electron chi connectivity index (χ2n) is 10.3. The maximum atomic E-state index is 13.8. The highest BCUT2D eigenvalue weighted by molar-refractivity contribution is 7.21. The summed E-state index contributed by atoms with van der Waals surface area (Å²) < 4.78 is 6.34. The zero-order chi connectivity index (χ0) is 29.2. The van der Waals surface area contributed by atoms with Crippen molar-refractivity contribution in [3.63, 3.8) is 0 Å². The molecule has 1 unspecified atom stereocenters. The van der Waals surface area contributed by atoms with Crippen LogP contribution in [0.25, 0.3) is 20.8 Å². The van der Waals surface area contributed by atoms with Crippen molar-refractivity contribution in [3.05, 3.63) is 114 Å². The molecule has 4 aromatic carbocycles. The van der Waals surface area contributed by atoms with Gasteiger partial charge in [-0.1, -0.05) is 36.4 Å². The van der Waals surface area contributed by atoms with Gasteiger partial charge in [0.15, 0.2) is 0 Å². The Morgan fingerprint density at radius 1 is 0.976 bits per heavy atom. The van der Waals surface area contributed by atoms with Crippen molar-refractivity contribution in [2.24, 2.45) is 0 Å². The van der Waals surface area contributed by atoms with Crippen LogP contribution in [-0.4, -0.2) is 47.3 Å². The van der Waals surface area contributed by atoms with Crippen molar-refractivity contribution < 1.29 is 19.1 Å². The zero-order valence-electron chi connectivity index (χ0n) is 23.3. The molecule has 0 N–H and O–H groups in total. The van der Waals surface area contributed by atoms with Crippen LogP contribution in [0, 0.1) is 6.92 Å². The standard InChI is InChI=1S/C34H29N3O4S/c1-22-8-17-28-30(20-22)42-32(35-28)24-9-13-26(14-10-24)37-31(38)21-29(34(37)40)36(19-18-23-6-4-3-5-7-23)33(39)25-11-15-27(41-2)16-12-25/h3-17,20,29H,18-19,21H2,1-2H3. The third kappa shape index (κ3) is 5.41. The van der Waals surface area contributed by atoms with Crippen molar-refractivity contribution in [2.75, 3.05) is 18.6 Å². The van der Waals surface area contributed by atoms with Crippen LogP contribution >= 0.6 is 11.3 Å². The molecule has 2 heterocycles. The van der Waals surface area contributed by atoms with Gasteiger partial charge in [-0.15, -0.1) is 11.3 Å². The lowest BCUT2D eigenvalue weighted by atomic mass is 10.1. The van der Waals surface area contributed by atoms with E-state index in [0.29, 0.717) is 30.0 Å². The molecular weight excluding hydrogens is 546 g/mol. The molecule has 1 aromatic heterocycles. The highest BCUT2D eigenvalue weighted by Crippen LogP contribution is 2.33. The maximum Gasteiger partial charge on any atom is 0.257 e. The van der Waals surface area contributed by atoms with E-state index in [-0.39, 0.29) is 18.2 Å². The molecule has 0 aliphatic carbocycles. The molecule has 7 nitrogen and oxygen atoms in total. The molecule has 3 amide bonds. The molecule has 0 saturated carbocycles. The number of carbonyl (C=O) groups excluding carboxylic acids is 3. The number of ether oxygens (including phenoxy) is 1. The predicted octanol–water partition coefficient (Wildman–Crippen LogP) is 6.30. The average Bonchev–Trinajstić information content (AvgIpc) is 3.57. The van der Waals surface area contributed by atoms with E-state index in [9.17, 15) is 14.4 Å². The van der Waals surface area contributed by atoms with E-state index in [4.69, 9.17) is 9.72 Å². The number of methoxy groups -OCH3 is 1. The first-order valence-corrected chi connectivity index (χ1v) is 14.6. The van der Waals surface area contributed by atoms with E-state index in [1.54, 1.807) is 54.8 Å². The Labute approximate surface area is 248 Å². The number of hydrogen-bond donors (Lipinski definition) is 0. The second-order valence-corrected chi connectivity index (χ2v) is 11.3. The molecular formula is C34H29N3O4S. The van der Waals surface area contributed by atoms with Gasteiger partial charge in [0.25, 0.3) is 11.8 Å². The van der Waals surface area contributed by atoms with Crippen molar-refractivity contribution >= 4 is 45.0 Å². The summed E-state index contributed by atoms with van der Waals surface area (Å²) in [6, 6.07) is 29.1. The largest absolute Gasteiger partial charge is 0.497 e. The summed E-state index contributed by atoms with van der Waals surface area (Å²) in [6.45, 7) is 2.35. The fourth-order valence-corrected chi connectivity index (χ4v) is 6.30. The monoisotopic (exact) mass is 575 g/mol. The average molecular weight is 576 g/mol. The first kappa shape index (κ1) is 27.4. The first-order valence-electron chi connectivity index (χ1n) is 13.7. The fraction of sp³-hybridized carbons (Fsp3) is 0.176. The number of amides is 3. The molecule has 0 bridgehead atoms. The van der Waals surface area contributed by atoms with Crippen LogP contribution in [0.3, 0.4) is 0 Å². The van der Waals surface area contributed by atoms with Gasteiger partial charge in [0.2, 0.25) is 5.91 Å². The minimum atomic E-state index is -0.900. The van der Waals surface area contributed by atoms with Gasteiger partial charge in [-0.3, -0.25) is 14.4 Å². The van der Waals surface area contributed by atoms with Crippen LogP contribution in [0.4, 0.5) is 5.69 Å². The van der Waals surface area contributed by atoms with Gasteiger partial charge in [0.1, 0.15) is 16.8 Å². The molecule has 0 radical (unpaired) electrons. The number of imide groups is 1. The minimum absolute atomic E-state index is 0.0749. The van der Waals surface area contributed by atoms with Gasteiger partial charge in [-0.05, 0) is 85.1 Å². The summed E-state index contributed by atoms with van der Waals surface area (Å²) >= 11 is 1.60. The number of rotatable bonds is 8. The van der Waals surface area contributed by atoms with Gasteiger partial charge in [0.05, 0.1) is 29.4 Å². The smallest absolute Gasteiger partial charge is 0.257 e. The van der Waals surface area contributed by atoms with Crippen molar-refractivity contribution in [2.45, 2.75) is 25.8 Å². The highest BCUT2D eigenvalue weighted by atomic mass is 32.1. The van der Waals surface area contributed by atoms with Crippen LogP contribution < -0.4 is 9.64 Å². The number of benzene rings is 4.